The van der Waals surface area contributed by atoms with Gasteiger partial charge in [-0.3, -0.25) is 25.2 Å². The van der Waals surface area contributed by atoms with Crippen molar-refractivity contribution in [3.05, 3.63) is 63.8 Å². The summed E-state index contributed by atoms with van der Waals surface area (Å²) < 4.78 is 2.99. The Morgan fingerprint density at radius 3 is 2.32 bits per heavy atom. The molecule has 34 heavy (non-hydrogen) atoms. The maximum atomic E-state index is 13.1. The van der Waals surface area contributed by atoms with Crippen LogP contribution in [0.5, 0.6) is 0 Å². The van der Waals surface area contributed by atoms with Crippen molar-refractivity contribution in [2.24, 2.45) is 0 Å². The van der Waals surface area contributed by atoms with Crippen LogP contribution in [0.2, 0.25) is 0 Å². The number of nitrogens with one attached hydrogen (secondary N) is 2. The van der Waals surface area contributed by atoms with Crippen LogP contribution < -0.4 is 16.4 Å². The number of hydrazine groups is 1. The van der Waals surface area contributed by atoms with Gasteiger partial charge in [-0.1, -0.05) is 32.0 Å². The highest BCUT2D eigenvalue weighted by Gasteiger charge is 2.21. The number of aryl methyl sites for hydroxylation is 1. The standard InChI is InChI=1S/C24H27N7O3/c1-6-30-24(34)16-10-8-7-9-15(16)20(29-30)23(33)28-27-22(32)17-11-19(13(2)3)26-21-18(17)12-25-31(21)14(4)5/h7-14H,6H2,1-5H3,(H,27,32)(H,28,33). The fourth-order valence-electron chi connectivity index (χ4n) is 3.76. The van der Waals surface area contributed by atoms with Crippen molar-refractivity contribution >= 4 is 33.6 Å². The van der Waals surface area contributed by atoms with E-state index >= 15 is 0 Å². The fraction of sp³-hybridized carbons (Fsp3) is 0.333. The summed E-state index contributed by atoms with van der Waals surface area (Å²) >= 11 is 0. The third-order valence-corrected chi connectivity index (χ3v) is 5.58. The molecule has 10 heteroatoms. The van der Waals surface area contributed by atoms with Crippen molar-refractivity contribution in [3.8, 4) is 0 Å². The van der Waals surface area contributed by atoms with Gasteiger partial charge in [-0.15, -0.1) is 0 Å². The van der Waals surface area contributed by atoms with Crippen molar-refractivity contribution in [2.45, 2.75) is 53.1 Å². The van der Waals surface area contributed by atoms with E-state index in [-0.39, 0.29) is 23.2 Å². The summed E-state index contributed by atoms with van der Waals surface area (Å²) in [6, 6.07) is 8.53. The molecule has 0 aliphatic carbocycles. The zero-order valence-corrected chi connectivity index (χ0v) is 19.8. The summed E-state index contributed by atoms with van der Waals surface area (Å²) in [5.41, 5.74) is 6.41. The Morgan fingerprint density at radius 2 is 1.68 bits per heavy atom. The highest BCUT2D eigenvalue weighted by Crippen LogP contribution is 2.24. The normalized spacial score (nSPS) is 11.5. The fourth-order valence-corrected chi connectivity index (χ4v) is 3.76. The molecule has 0 fully saturated rings. The number of rotatable bonds is 5. The first kappa shape index (κ1) is 23.1. The average molecular weight is 462 g/mol. The molecule has 176 valence electrons. The van der Waals surface area contributed by atoms with Gasteiger partial charge in [0.05, 0.1) is 22.5 Å². The first-order valence-electron chi connectivity index (χ1n) is 11.2. The SMILES string of the molecule is CCn1nc(C(=O)NNC(=O)c2cc(C(C)C)nc3c2cnn3C(C)C)c2ccccc2c1=O. The number of benzene rings is 1. The van der Waals surface area contributed by atoms with Crippen LogP contribution >= 0.6 is 0 Å². The monoisotopic (exact) mass is 461 g/mol. The van der Waals surface area contributed by atoms with Gasteiger partial charge in [0.1, 0.15) is 0 Å². The molecule has 0 radical (unpaired) electrons. The minimum absolute atomic E-state index is 0.0488. The second kappa shape index (κ2) is 9.05. The summed E-state index contributed by atoms with van der Waals surface area (Å²) in [6.45, 7) is 10.0. The lowest BCUT2D eigenvalue weighted by molar-refractivity contribution is 0.0844. The summed E-state index contributed by atoms with van der Waals surface area (Å²) in [4.78, 5) is 43.3. The van der Waals surface area contributed by atoms with Crippen molar-refractivity contribution in [1.29, 1.82) is 0 Å². The summed E-state index contributed by atoms with van der Waals surface area (Å²) in [5, 5.41) is 9.97. The Morgan fingerprint density at radius 1 is 1.00 bits per heavy atom. The number of hydrogen-bond acceptors (Lipinski definition) is 6. The minimum Gasteiger partial charge on any atom is -0.267 e. The summed E-state index contributed by atoms with van der Waals surface area (Å²) in [6.07, 6.45) is 1.61. The number of fused-ring (bicyclic) bond motifs is 2. The van der Waals surface area contributed by atoms with Crippen molar-refractivity contribution in [3.63, 3.8) is 0 Å². The zero-order valence-electron chi connectivity index (χ0n) is 19.8. The molecule has 2 amide bonds. The molecule has 0 aliphatic heterocycles. The molecule has 3 heterocycles. The number of aromatic nitrogens is 5. The number of amides is 2. The predicted octanol–water partition coefficient (Wildman–Crippen LogP) is 2.94. The van der Waals surface area contributed by atoms with E-state index < -0.39 is 11.8 Å². The van der Waals surface area contributed by atoms with Crippen LogP contribution in [0.3, 0.4) is 0 Å². The van der Waals surface area contributed by atoms with E-state index in [2.05, 4.69) is 21.0 Å². The van der Waals surface area contributed by atoms with Crippen LogP contribution in [0, 0.1) is 0 Å². The molecule has 1 aromatic carbocycles. The lowest BCUT2D eigenvalue weighted by atomic mass is 10.1. The molecule has 4 rings (SSSR count). The first-order valence-corrected chi connectivity index (χ1v) is 11.2. The Balaban J connectivity index is 1.67. The van der Waals surface area contributed by atoms with Gasteiger partial charge in [0.25, 0.3) is 17.4 Å². The maximum Gasteiger partial charge on any atom is 0.290 e. The van der Waals surface area contributed by atoms with Crippen LogP contribution in [-0.2, 0) is 6.54 Å². The average Bonchev–Trinajstić information content (AvgIpc) is 3.26. The molecule has 0 atom stereocenters. The second-order valence-electron chi connectivity index (χ2n) is 8.59. The number of pyridine rings is 1. The third kappa shape index (κ3) is 4.02. The number of carbonyl (C=O) groups excluding carboxylic acids is 2. The minimum atomic E-state index is -0.626. The molecule has 0 aliphatic rings. The highest BCUT2D eigenvalue weighted by atomic mass is 16.2. The molecular formula is C24H27N7O3. The van der Waals surface area contributed by atoms with Crippen molar-refractivity contribution in [1.82, 2.24) is 35.4 Å². The van der Waals surface area contributed by atoms with E-state index in [1.54, 1.807) is 48.1 Å². The number of carbonyl (C=O) groups is 2. The molecule has 0 bridgehead atoms. The van der Waals surface area contributed by atoms with Gasteiger partial charge in [-0.2, -0.15) is 10.2 Å². The van der Waals surface area contributed by atoms with Gasteiger partial charge in [0.15, 0.2) is 11.3 Å². The Hall–Kier alpha value is -4.08. The van der Waals surface area contributed by atoms with Crippen LogP contribution in [-0.4, -0.2) is 36.4 Å². The van der Waals surface area contributed by atoms with Crippen LogP contribution in [0.4, 0.5) is 0 Å². The molecule has 3 aromatic heterocycles. The van der Waals surface area contributed by atoms with Gasteiger partial charge in [0, 0.05) is 23.7 Å². The first-order chi connectivity index (χ1) is 16.2. The molecular weight excluding hydrogens is 434 g/mol. The largest absolute Gasteiger partial charge is 0.290 e. The van der Waals surface area contributed by atoms with Gasteiger partial charge >= 0.3 is 0 Å². The van der Waals surface area contributed by atoms with E-state index in [0.717, 1.165) is 5.69 Å². The van der Waals surface area contributed by atoms with Crippen LogP contribution in [0.25, 0.3) is 21.8 Å². The Bertz CT molecular complexity index is 1470. The van der Waals surface area contributed by atoms with E-state index in [0.29, 0.717) is 33.9 Å². The predicted molar refractivity (Wildman–Crippen MR) is 129 cm³/mol. The van der Waals surface area contributed by atoms with E-state index in [9.17, 15) is 14.4 Å². The molecule has 0 spiro atoms. The van der Waals surface area contributed by atoms with Crippen molar-refractivity contribution < 1.29 is 9.59 Å². The molecule has 0 saturated heterocycles. The van der Waals surface area contributed by atoms with E-state index in [1.165, 1.54) is 4.68 Å². The molecule has 10 nitrogen and oxygen atoms in total. The quantitative estimate of drug-likeness (QED) is 0.441. The van der Waals surface area contributed by atoms with Gasteiger partial charge < -0.3 is 0 Å². The molecule has 0 unspecified atom stereocenters. The Kier molecular flexibility index (Phi) is 6.14. The van der Waals surface area contributed by atoms with Gasteiger partial charge in [0.2, 0.25) is 0 Å². The van der Waals surface area contributed by atoms with Gasteiger partial charge in [-0.25, -0.2) is 14.3 Å². The lowest BCUT2D eigenvalue weighted by Gasteiger charge is -2.13. The summed E-state index contributed by atoms with van der Waals surface area (Å²) in [5.74, 6) is -1.04. The smallest absolute Gasteiger partial charge is 0.267 e. The molecule has 0 saturated carbocycles. The lowest BCUT2D eigenvalue weighted by Crippen LogP contribution is -2.43. The van der Waals surface area contributed by atoms with Crippen molar-refractivity contribution in [2.75, 3.05) is 0 Å². The molecule has 2 N–H and O–H groups in total. The second-order valence-corrected chi connectivity index (χ2v) is 8.59. The topological polar surface area (TPSA) is 124 Å². The number of hydrogen-bond donors (Lipinski definition) is 2. The third-order valence-electron chi connectivity index (χ3n) is 5.58. The zero-order chi connectivity index (χ0) is 24.6. The van der Waals surface area contributed by atoms with E-state index in [1.807, 2.05) is 27.7 Å². The van der Waals surface area contributed by atoms with Crippen LogP contribution in [0.1, 0.15) is 73.1 Å². The maximum absolute atomic E-state index is 13.1. The highest BCUT2D eigenvalue weighted by molar-refractivity contribution is 6.08. The Labute approximate surface area is 196 Å². The number of nitrogens with zero attached hydrogens (tertiary/aromatic N) is 5. The van der Waals surface area contributed by atoms with E-state index in [4.69, 9.17) is 4.98 Å². The molecule has 4 aromatic rings. The van der Waals surface area contributed by atoms with Crippen LogP contribution in [0.15, 0.2) is 41.3 Å². The summed E-state index contributed by atoms with van der Waals surface area (Å²) in [7, 11) is 0. The van der Waals surface area contributed by atoms with Gasteiger partial charge in [-0.05, 0) is 38.8 Å².